The summed E-state index contributed by atoms with van der Waals surface area (Å²) in [6, 6.07) is 11.8. The highest BCUT2D eigenvalue weighted by Crippen LogP contribution is 2.66. The zero-order chi connectivity index (χ0) is 46.9. The van der Waals surface area contributed by atoms with Crippen LogP contribution < -0.4 is 5.32 Å². The third-order valence-corrected chi connectivity index (χ3v) is 14.7. The minimum Gasteiger partial charge on any atom is -0.456 e. The molecule has 12 atom stereocenters. The van der Waals surface area contributed by atoms with Crippen LogP contribution in [0.3, 0.4) is 0 Å². The molecule has 17 heteroatoms. The lowest BCUT2D eigenvalue weighted by atomic mass is 9.45. The summed E-state index contributed by atoms with van der Waals surface area (Å²) in [4.78, 5) is 61.7. The van der Waals surface area contributed by atoms with E-state index in [0.717, 1.165) is 0 Å². The predicted molar refractivity (Wildman–Crippen MR) is 230 cm³/mol. The fraction of sp³-hybridized carbons (Fsp3) is 0.646. The summed E-state index contributed by atoms with van der Waals surface area (Å²) in [5.41, 5.74) is -5.23. The Balaban J connectivity index is 1.25. The maximum Gasteiger partial charge on any atom is 0.408 e. The average Bonchev–Trinajstić information content (AvgIpc) is 3.64. The van der Waals surface area contributed by atoms with Crippen LogP contribution in [-0.2, 0) is 42.7 Å². The molecule has 0 spiro atoms. The van der Waals surface area contributed by atoms with Crippen molar-refractivity contribution in [1.29, 1.82) is 0 Å². The number of alkyl carbamates (subject to hydrolysis) is 1. The van der Waals surface area contributed by atoms with E-state index in [1.165, 1.54) is 19.2 Å². The zero-order valence-corrected chi connectivity index (χ0v) is 38.4. The van der Waals surface area contributed by atoms with Gasteiger partial charge < -0.3 is 53.8 Å². The number of fused-ring (bicyclic) bond motifs is 8. The van der Waals surface area contributed by atoms with E-state index in [1.54, 1.807) is 70.2 Å². The summed E-state index contributed by atoms with van der Waals surface area (Å²) in [5.74, 6) is -3.29. The van der Waals surface area contributed by atoms with Crippen molar-refractivity contribution in [1.82, 2.24) is 15.2 Å². The van der Waals surface area contributed by atoms with Crippen LogP contribution in [0.4, 0.5) is 4.79 Å². The number of hydrogen-bond donors (Lipinski definition) is 4. The second-order valence-corrected chi connectivity index (χ2v) is 20.5. The monoisotopic (exact) mass is 905 g/mol. The number of aliphatic hydroxyl groups excluding tert-OH is 2. The van der Waals surface area contributed by atoms with Gasteiger partial charge in [-0.2, -0.15) is 0 Å². The van der Waals surface area contributed by atoms with Gasteiger partial charge in [0.25, 0.3) is 0 Å². The fourth-order valence-corrected chi connectivity index (χ4v) is 11.6. The third kappa shape index (κ3) is 8.35. The summed E-state index contributed by atoms with van der Waals surface area (Å²) in [5, 5.41) is 38.1. The number of aliphatic hydroxyl groups is 3. The van der Waals surface area contributed by atoms with Gasteiger partial charge in [-0.3, -0.25) is 14.7 Å². The number of nitrogens with zero attached hydrogens (tertiary/aromatic N) is 2. The predicted octanol–water partition coefficient (Wildman–Crippen LogP) is 3.79. The van der Waals surface area contributed by atoms with E-state index in [9.17, 15) is 34.5 Å². The standard InChI is InChI=1S/C48H63N3O14/c1-26-31(60-42(56)36(54)35(30-16-12-13-19-49-30)50-43(57)65-44(3,4)5)20-48(58)40(63-41(55)29-14-10-9-11-15-29)38-46(8,18-17-32-47(38,25-59-32)64-27(2)53)39-37(34(26)45(48,6)7)61-33(62-39)23-51-21-28(22-51)24-52/h9-16,19,28,31-33,35-40,52,54,58H,17-18,20-25H2,1-8H3,(H,50,57)/t31-,32+,33+,35-,36+,37+,38-,39+,40-,46+,47-,48+/m0/s1. The minimum atomic E-state index is -2.09. The van der Waals surface area contributed by atoms with Crippen LogP contribution >= 0.6 is 0 Å². The Kier molecular flexibility index (Phi) is 12.5. The van der Waals surface area contributed by atoms with Gasteiger partial charge in [0.2, 0.25) is 0 Å². The third-order valence-electron chi connectivity index (χ3n) is 14.7. The molecule has 3 aliphatic heterocycles. The summed E-state index contributed by atoms with van der Waals surface area (Å²) in [6.07, 6.45) is -6.61. The van der Waals surface area contributed by atoms with Gasteiger partial charge in [-0.1, -0.05) is 45.0 Å². The molecule has 4 heterocycles. The molecule has 1 aromatic heterocycles. The highest BCUT2D eigenvalue weighted by molar-refractivity contribution is 5.89. The molecule has 5 fully saturated rings. The average molecular weight is 906 g/mol. The molecule has 3 aliphatic carbocycles. The molecule has 1 aromatic carbocycles. The summed E-state index contributed by atoms with van der Waals surface area (Å²) in [7, 11) is 0. The number of ether oxygens (including phenoxy) is 7. The van der Waals surface area contributed by atoms with Crippen molar-refractivity contribution in [2.75, 3.05) is 32.8 Å². The minimum absolute atomic E-state index is 0.0444. The molecule has 6 aliphatic rings. The molecule has 1 amide bonds. The molecule has 2 aromatic rings. The zero-order valence-electron chi connectivity index (χ0n) is 38.4. The number of aromatic nitrogens is 1. The quantitative estimate of drug-likeness (QED) is 0.143. The number of pyridine rings is 1. The summed E-state index contributed by atoms with van der Waals surface area (Å²) >= 11 is 0. The number of hydrogen-bond acceptors (Lipinski definition) is 16. The first kappa shape index (κ1) is 47.0. The van der Waals surface area contributed by atoms with Crippen LogP contribution in [0.25, 0.3) is 0 Å². The molecule has 8 rings (SSSR count). The Morgan fingerprint density at radius 1 is 1.02 bits per heavy atom. The highest BCUT2D eigenvalue weighted by Gasteiger charge is 2.77. The van der Waals surface area contributed by atoms with Gasteiger partial charge in [0.1, 0.15) is 41.7 Å². The Hall–Kier alpha value is -4.49. The molecule has 354 valence electrons. The molecule has 17 nitrogen and oxygen atoms in total. The van der Waals surface area contributed by atoms with Crippen LogP contribution in [0, 0.1) is 22.7 Å². The van der Waals surface area contributed by atoms with Crippen molar-refractivity contribution in [2.45, 2.75) is 140 Å². The second-order valence-electron chi connectivity index (χ2n) is 20.5. The van der Waals surface area contributed by atoms with Gasteiger partial charge in [0.05, 0.1) is 29.9 Å². The topological polar surface area (TPSA) is 222 Å². The van der Waals surface area contributed by atoms with Crippen LogP contribution in [-0.4, -0.2) is 142 Å². The Labute approximate surface area is 379 Å². The first-order valence-electron chi connectivity index (χ1n) is 22.6. The lowest BCUT2D eigenvalue weighted by Gasteiger charge is -2.68. The van der Waals surface area contributed by atoms with Crippen LogP contribution in [0.15, 0.2) is 65.9 Å². The first-order chi connectivity index (χ1) is 30.6. The molecule has 0 unspecified atom stereocenters. The largest absolute Gasteiger partial charge is 0.456 e. The molecule has 2 bridgehead atoms. The van der Waals surface area contributed by atoms with Crippen molar-refractivity contribution < 1.29 is 67.7 Å². The van der Waals surface area contributed by atoms with Gasteiger partial charge >= 0.3 is 24.0 Å². The van der Waals surface area contributed by atoms with E-state index in [1.807, 2.05) is 20.8 Å². The lowest BCUT2D eigenvalue weighted by molar-refractivity contribution is -0.345. The van der Waals surface area contributed by atoms with Crippen LogP contribution in [0.1, 0.15) is 96.7 Å². The van der Waals surface area contributed by atoms with E-state index in [2.05, 4.69) is 15.2 Å². The number of likely N-dealkylation sites (tertiary alicyclic amines) is 1. The lowest BCUT2D eigenvalue weighted by Crippen LogP contribution is -2.79. The molecule has 3 saturated heterocycles. The van der Waals surface area contributed by atoms with Crippen molar-refractivity contribution >= 4 is 24.0 Å². The van der Waals surface area contributed by atoms with Crippen molar-refractivity contribution in [3.8, 4) is 0 Å². The number of esters is 3. The highest BCUT2D eigenvalue weighted by atomic mass is 16.7. The number of carbonyl (C=O) groups excluding carboxylic acids is 4. The number of rotatable bonds is 11. The van der Waals surface area contributed by atoms with E-state index < -0.39 is 107 Å². The number of amides is 1. The van der Waals surface area contributed by atoms with Crippen LogP contribution in [0.2, 0.25) is 0 Å². The summed E-state index contributed by atoms with van der Waals surface area (Å²) in [6.45, 7) is 15.5. The molecular weight excluding hydrogens is 843 g/mol. The Bertz CT molecular complexity index is 2160. The van der Waals surface area contributed by atoms with Crippen LogP contribution in [0.5, 0.6) is 0 Å². The van der Waals surface area contributed by atoms with Gasteiger partial charge in [-0.05, 0) is 75.9 Å². The van der Waals surface area contributed by atoms with Gasteiger partial charge in [0.15, 0.2) is 18.0 Å². The summed E-state index contributed by atoms with van der Waals surface area (Å²) < 4.78 is 45.0. The maximum atomic E-state index is 14.5. The molecule has 2 saturated carbocycles. The Morgan fingerprint density at radius 3 is 2.34 bits per heavy atom. The van der Waals surface area contributed by atoms with Gasteiger partial charge in [-0.25, -0.2) is 14.4 Å². The van der Waals surface area contributed by atoms with E-state index in [0.29, 0.717) is 43.6 Å². The maximum absolute atomic E-state index is 14.5. The van der Waals surface area contributed by atoms with E-state index in [4.69, 9.17) is 33.2 Å². The van der Waals surface area contributed by atoms with Gasteiger partial charge in [0, 0.05) is 62.5 Å². The van der Waals surface area contributed by atoms with E-state index in [-0.39, 0.29) is 36.8 Å². The molecule has 65 heavy (non-hydrogen) atoms. The van der Waals surface area contributed by atoms with Gasteiger partial charge in [-0.15, -0.1) is 0 Å². The molecular formula is C48H63N3O14. The van der Waals surface area contributed by atoms with E-state index >= 15 is 0 Å². The first-order valence-corrected chi connectivity index (χ1v) is 22.6. The normalized spacial score (nSPS) is 35.0. The molecule has 0 radical (unpaired) electrons. The second kappa shape index (κ2) is 17.3. The van der Waals surface area contributed by atoms with Crippen molar-refractivity contribution in [3.63, 3.8) is 0 Å². The van der Waals surface area contributed by atoms with Crippen molar-refractivity contribution in [3.05, 3.63) is 77.1 Å². The Morgan fingerprint density at radius 2 is 1.72 bits per heavy atom. The number of nitrogens with one attached hydrogen (secondary N) is 1. The number of carbonyl (C=O) groups is 4. The SMILES string of the molecule is CC(=O)O[C@@]12CO[C@@H]1CC[C@@]1(C)[C@@H]3O[C@H](CN4CC(CO)C4)O[C@@H]3C3=C(C)[C@@H](OC(=O)[C@H](O)[C@@H](NC(=O)OC(C)(C)C)c4ccccn4)C[C@@](O)([C@@H](OC(=O)c4ccccc4)[C@@H]12)C3(C)C. The molecule has 4 N–H and O–H groups in total. The smallest absolute Gasteiger partial charge is 0.408 e. The van der Waals surface area contributed by atoms with Crippen molar-refractivity contribution in [2.24, 2.45) is 22.7 Å². The fourth-order valence-electron chi connectivity index (χ4n) is 11.6. The number of benzene rings is 1.